The summed E-state index contributed by atoms with van der Waals surface area (Å²) >= 11 is 0. The first-order chi connectivity index (χ1) is 13.3. The number of carbonyl (C=O) groups is 1. The topological polar surface area (TPSA) is 26.3 Å². The summed E-state index contributed by atoms with van der Waals surface area (Å²) in [6.45, 7) is 3.20. The average molecular weight is 375 g/mol. The van der Waals surface area contributed by atoms with Gasteiger partial charge < -0.3 is 4.74 Å². The molecular weight excluding hydrogens is 332 g/mol. The molecule has 154 valence electrons. The fraction of sp³-hybridized carbons (Fsp3) is 0.720. The third-order valence-corrected chi connectivity index (χ3v) is 5.22. The normalized spacial score (nSPS) is 11.0. The predicted molar refractivity (Wildman–Crippen MR) is 117 cm³/mol. The van der Waals surface area contributed by atoms with Gasteiger partial charge in [-0.2, -0.15) is 0 Å². The molecular formula is C25H42O2. The van der Waals surface area contributed by atoms with E-state index in [4.69, 9.17) is 4.74 Å². The number of unbranched alkanes of at least 4 members (excludes halogenated alkanes) is 14. The van der Waals surface area contributed by atoms with Crippen molar-refractivity contribution in [1.29, 1.82) is 0 Å². The Kier molecular flexibility index (Phi) is 16.1. The molecule has 0 saturated heterocycles. The Morgan fingerprint density at radius 1 is 0.667 bits per heavy atom. The van der Waals surface area contributed by atoms with Crippen LogP contribution in [-0.4, -0.2) is 19.0 Å². The van der Waals surface area contributed by atoms with Crippen molar-refractivity contribution < 1.29 is 9.53 Å². The van der Waals surface area contributed by atoms with Gasteiger partial charge in [-0.05, 0) is 6.42 Å². The molecule has 0 amide bonds. The van der Waals surface area contributed by atoms with Gasteiger partial charge in [0.15, 0.2) is 5.78 Å². The highest BCUT2D eigenvalue weighted by molar-refractivity contribution is 5.96. The zero-order chi connectivity index (χ0) is 19.4. The largest absolute Gasteiger partial charge is 0.373 e. The Balaban J connectivity index is 1.75. The first-order valence-corrected chi connectivity index (χ1v) is 11.5. The van der Waals surface area contributed by atoms with E-state index in [1.807, 2.05) is 30.3 Å². The number of benzene rings is 1. The van der Waals surface area contributed by atoms with Crippen LogP contribution in [0.4, 0.5) is 0 Å². The van der Waals surface area contributed by atoms with Crippen LogP contribution < -0.4 is 0 Å². The number of rotatable bonds is 19. The molecule has 0 unspecified atom stereocenters. The van der Waals surface area contributed by atoms with E-state index in [1.54, 1.807) is 0 Å². The monoisotopic (exact) mass is 374 g/mol. The van der Waals surface area contributed by atoms with E-state index in [0.29, 0.717) is 6.61 Å². The molecule has 2 heteroatoms. The molecule has 2 nitrogen and oxygen atoms in total. The summed E-state index contributed by atoms with van der Waals surface area (Å²) in [6, 6.07) is 9.40. The van der Waals surface area contributed by atoms with E-state index < -0.39 is 0 Å². The molecule has 1 aromatic carbocycles. The van der Waals surface area contributed by atoms with Gasteiger partial charge in [0.2, 0.25) is 0 Å². The van der Waals surface area contributed by atoms with Crippen LogP contribution in [0.15, 0.2) is 30.3 Å². The highest BCUT2D eigenvalue weighted by Crippen LogP contribution is 2.13. The molecule has 0 fully saturated rings. The Bertz CT molecular complexity index is 441. The number of ether oxygens (including phenoxy) is 1. The third-order valence-electron chi connectivity index (χ3n) is 5.22. The molecule has 0 aromatic heterocycles. The maximum atomic E-state index is 11.9. The molecule has 0 aliphatic heterocycles. The zero-order valence-corrected chi connectivity index (χ0v) is 17.7. The van der Waals surface area contributed by atoms with Crippen molar-refractivity contribution in [1.82, 2.24) is 0 Å². The maximum absolute atomic E-state index is 11.9. The molecule has 0 spiro atoms. The van der Waals surface area contributed by atoms with Gasteiger partial charge in [0.05, 0.1) is 0 Å². The van der Waals surface area contributed by atoms with Crippen LogP contribution in [0.25, 0.3) is 0 Å². The minimum atomic E-state index is 0.0801. The van der Waals surface area contributed by atoms with Gasteiger partial charge in [0.25, 0.3) is 0 Å². The predicted octanol–water partition coefficient (Wildman–Crippen LogP) is 7.76. The molecule has 0 aliphatic rings. The van der Waals surface area contributed by atoms with Gasteiger partial charge in [-0.25, -0.2) is 0 Å². The second-order valence-corrected chi connectivity index (χ2v) is 7.79. The fourth-order valence-electron chi connectivity index (χ4n) is 3.45. The summed E-state index contributed by atoms with van der Waals surface area (Å²) in [7, 11) is 0. The van der Waals surface area contributed by atoms with Crippen molar-refractivity contribution >= 4 is 5.78 Å². The fourth-order valence-corrected chi connectivity index (χ4v) is 3.45. The van der Waals surface area contributed by atoms with Gasteiger partial charge in [-0.3, -0.25) is 4.79 Å². The van der Waals surface area contributed by atoms with Gasteiger partial charge >= 0.3 is 0 Å². The lowest BCUT2D eigenvalue weighted by atomic mass is 10.0. The molecule has 0 radical (unpaired) electrons. The minimum Gasteiger partial charge on any atom is -0.373 e. The standard InChI is InChI=1S/C25H42O2/c1-2-3-4-5-6-7-8-9-10-11-12-13-14-15-19-22-27-23-25(26)24-20-17-16-18-21-24/h16-18,20-21H,2-15,19,22-23H2,1H3. The molecule has 27 heavy (non-hydrogen) atoms. The molecule has 1 rings (SSSR count). The van der Waals surface area contributed by atoms with Gasteiger partial charge in [0.1, 0.15) is 6.61 Å². The number of carbonyl (C=O) groups excluding carboxylic acids is 1. The third kappa shape index (κ3) is 14.6. The summed E-state index contributed by atoms with van der Waals surface area (Å²) in [4.78, 5) is 11.9. The molecule has 0 N–H and O–H groups in total. The van der Waals surface area contributed by atoms with Gasteiger partial charge in [-0.15, -0.1) is 0 Å². The van der Waals surface area contributed by atoms with E-state index in [2.05, 4.69) is 6.92 Å². The lowest BCUT2D eigenvalue weighted by Gasteiger charge is -2.05. The van der Waals surface area contributed by atoms with Crippen LogP contribution in [0.1, 0.15) is 114 Å². The Morgan fingerprint density at radius 2 is 1.11 bits per heavy atom. The van der Waals surface area contributed by atoms with Crippen LogP contribution in [-0.2, 0) is 4.74 Å². The van der Waals surface area contributed by atoms with Crippen molar-refractivity contribution in [2.75, 3.05) is 13.2 Å². The van der Waals surface area contributed by atoms with E-state index in [-0.39, 0.29) is 12.4 Å². The summed E-state index contributed by atoms with van der Waals surface area (Å²) in [5, 5.41) is 0. The van der Waals surface area contributed by atoms with Gasteiger partial charge in [-0.1, -0.05) is 127 Å². The highest BCUT2D eigenvalue weighted by Gasteiger charge is 2.04. The van der Waals surface area contributed by atoms with Crippen molar-refractivity contribution in [2.24, 2.45) is 0 Å². The SMILES string of the molecule is CCCCCCCCCCCCCCCCCOCC(=O)c1ccccc1. The smallest absolute Gasteiger partial charge is 0.188 e. The summed E-state index contributed by atoms with van der Waals surface area (Å²) < 4.78 is 5.51. The first-order valence-electron chi connectivity index (χ1n) is 11.5. The lowest BCUT2D eigenvalue weighted by Crippen LogP contribution is -2.09. The zero-order valence-electron chi connectivity index (χ0n) is 17.7. The van der Waals surface area contributed by atoms with Gasteiger partial charge in [0, 0.05) is 12.2 Å². The molecule has 1 aromatic rings. The van der Waals surface area contributed by atoms with E-state index in [0.717, 1.165) is 12.0 Å². The minimum absolute atomic E-state index is 0.0801. The van der Waals surface area contributed by atoms with Crippen LogP contribution in [0, 0.1) is 0 Å². The Labute approximate surface area is 168 Å². The number of Topliss-reactive ketones (excluding diaryl/α,β-unsaturated/α-hetero) is 1. The van der Waals surface area contributed by atoms with E-state index in [1.165, 1.54) is 89.9 Å². The van der Waals surface area contributed by atoms with E-state index in [9.17, 15) is 4.79 Å². The Morgan fingerprint density at radius 3 is 1.59 bits per heavy atom. The summed E-state index contributed by atoms with van der Waals surface area (Å²) in [5.41, 5.74) is 0.744. The maximum Gasteiger partial charge on any atom is 0.188 e. The van der Waals surface area contributed by atoms with Crippen molar-refractivity contribution in [3.05, 3.63) is 35.9 Å². The van der Waals surface area contributed by atoms with Crippen molar-refractivity contribution in [3.63, 3.8) is 0 Å². The number of hydrogen-bond donors (Lipinski definition) is 0. The van der Waals surface area contributed by atoms with Crippen LogP contribution >= 0.6 is 0 Å². The summed E-state index contributed by atoms with van der Waals surface area (Å²) in [5.74, 6) is 0.0801. The molecule has 0 bridgehead atoms. The second kappa shape index (κ2) is 18.2. The van der Waals surface area contributed by atoms with E-state index >= 15 is 0 Å². The molecule has 0 atom stereocenters. The van der Waals surface area contributed by atoms with Crippen LogP contribution in [0.2, 0.25) is 0 Å². The first kappa shape index (κ1) is 23.9. The quantitative estimate of drug-likeness (QED) is 0.183. The van der Waals surface area contributed by atoms with Crippen molar-refractivity contribution in [3.8, 4) is 0 Å². The second-order valence-electron chi connectivity index (χ2n) is 7.79. The summed E-state index contributed by atoms with van der Waals surface area (Å²) in [6.07, 6.45) is 20.5. The average Bonchev–Trinajstić information content (AvgIpc) is 2.70. The molecule has 0 aliphatic carbocycles. The number of hydrogen-bond acceptors (Lipinski definition) is 2. The lowest BCUT2D eigenvalue weighted by molar-refractivity contribution is 0.0752. The molecule has 0 heterocycles. The highest BCUT2D eigenvalue weighted by atomic mass is 16.5. The van der Waals surface area contributed by atoms with Crippen LogP contribution in [0.3, 0.4) is 0 Å². The number of ketones is 1. The van der Waals surface area contributed by atoms with Crippen molar-refractivity contribution in [2.45, 2.75) is 103 Å². The molecule has 0 saturated carbocycles. The van der Waals surface area contributed by atoms with Crippen LogP contribution in [0.5, 0.6) is 0 Å². The Hall–Kier alpha value is -1.15.